The van der Waals surface area contributed by atoms with Crippen molar-refractivity contribution in [1.82, 2.24) is 0 Å². The van der Waals surface area contributed by atoms with E-state index in [0.717, 1.165) is 116 Å². The van der Waals surface area contributed by atoms with E-state index < -0.39 is 35.8 Å². The summed E-state index contributed by atoms with van der Waals surface area (Å²) in [5, 5.41) is 61.3. The van der Waals surface area contributed by atoms with Crippen LogP contribution in [-0.4, -0.2) is 35.8 Å². The molecule has 0 saturated carbocycles. The standard InChI is InChI=1S/6C18H34O2.U/c6*1-2-3-4-5-6-7-8-9-10-11-12-13-14-15-16-17-18(19)20;/h6*9-10H,2-8,11-17H2,1H3,(H,19,20);/p-6. The first-order chi connectivity index (χ1) is 58.6. The van der Waals surface area contributed by atoms with Gasteiger partial charge in [0, 0.05) is 66.9 Å². The van der Waals surface area contributed by atoms with E-state index in [-0.39, 0.29) is 69.6 Å². The third-order valence-corrected chi connectivity index (χ3v) is 21.9. The predicted molar refractivity (Wildman–Crippen MR) is 507 cm³/mol. The summed E-state index contributed by atoms with van der Waals surface area (Å²) in [5.41, 5.74) is 0. The van der Waals surface area contributed by atoms with Crippen LogP contribution in [0.4, 0.5) is 0 Å². The number of carbonyl (C=O) groups excluding carboxylic acids is 6. The summed E-state index contributed by atoms with van der Waals surface area (Å²) in [6.45, 7) is 13.5. The van der Waals surface area contributed by atoms with Gasteiger partial charge in [-0.05, 0) is 231 Å². The molecule has 0 heterocycles. The molecule has 121 heavy (non-hydrogen) atoms. The van der Waals surface area contributed by atoms with Crippen LogP contribution in [0.5, 0.6) is 0 Å². The summed E-state index contributed by atoms with van der Waals surface area (Å²) >= 11 is 0. The molecule has 0 amide bonds. The first kappa shape index (κ1) is 130. The quantitative estimate of drug-likeness (QED) is 0.0408. The van der Waals surface area contributed by atoms with Crippen LogP contribution in [0.3, 0.4) is 0 Å². The van der Waals surface area contributed by atoms with Crippen LogP contribution in [0.15, 0.2) is 72.9 Å². The number of aliphatic carboxylic acids is 6. The van der Waals surface area contributed by atoms with Gasteiger partial charge in [-0.25, -0.2) is 0 Å². The third kappa shape index (κ3) is 157. The molecule has 0 spiro atoms. The van der Waals surface area contributed by atoms with Crippen molar-refractivity contribution in [1.29, 1.82) is 0 Å². The molecule has 0 rings (SSSR count). The minimum atomic E-state index is -0.914. The molecular formula is C108H198O12U-6. The molecule has 0 aromatic carbocycles. The van der Waals surface area contributed by atoms with E-state index in [1.54, 1.807) is 0 Å². The van der Waals surface area contributed by atoms with Crippen LogP contribution in [0.2, 0.25) is 0 Å². The van der Waals surface area contributed by atoms with Gasteiger partial charge < -0.3 is 59.4 Å². The van der Waals surface area contributed by atoms with E-state index in [9.17, 15) is 59.4 Å². The van der Waals surface area contributed by atoms with Crippen LogP contribution >= 0.6 is 0 Å². The minimum Gasteiger partial charge on any atom is -0.550 e. The number of unbranched alkanes of at least 4 members (excludes halogenated alkanes) is 66. The van der Waals surface area contributed by atoms with Crippen LogP contribution in [0.1, 0.15) is 581 Å². The minimum absolute atomic E-state index is 0. The van der Waals surface area contributed by atoms with E-state index in [4.69, 9.17) is 0 Å². The number of carbonyl (C=O) groups is 6. The van der Waals surface area contributed by atoms with Crippen molar-refractivity contribution in [2.75, 3.05) is 0 Å². The molecule has 0 atom stereocenters. The van der Waals surface area contributed by atoms with Gasteiger partial charge in [0.2, 0.25) is 0 Å². The monoisotopic (exact) mass is 1930 g/mol. The second-order valence-electron chi connectivity index (χ2n) is 34.2. The van der Waals surface area contributed by atoms with Gasteiger partial charge in [0.15, 0.2) is 0 Å². The number of carboxylic acid groups (broad SMARTS) is 6. The Bertz CT molecular complexity index is 1800. The maximum absolute atomic E-state index is 10.2. The number of carboxylic acids is 6. The largest absolute Gasteiger partial charge is 0.550 e. The topological polar surface area (TPSA) is 241 Å². The molecule has 712 valence electrons. The van der Waals surface area contributed by atoms with E-state index >= 15 is 0 Å². The molecule has 0 aliphatic heterocycles. The predicted octanol–water partition coefficient (Wildman–Crippen LogP) is 28.6. The van der Waals surface area contributed by atoms with Crippen molar-refractivity contribution in [3.8, 4) is 0 Å². The second kappa shape index (κ2) is 127. The van der Waals surface area contributed by atoms with Gasteiger partial charge in [-0.15, -0.1) is 0 Å². The molecule has 0 radical (unpaired) electrons. The van der Waals surface area contributed by atoms with Gasteiger partial charge in [0.25, 0.3) is 0 Å². The molecule has 0 aliphatic carbocycles. The zero-order valence-corrected chi connectivity index (χ0v) is 84.9. The van der Waals surface area contributed by atoms with Crippen molar-refractivity contribution < 1.29 is 90.5 Å². The summed E-state index contributed by atoms with van der Waals surface area (Å²) in [7, 11) is 0. The molecule has 0 unspecified atom stereocenters. The maximum atomic E-state index is 10.2. The fourth-order valence-corrected chi connectivity index (χ4v) is 14.0. The molecule has 0 bridgehead atoms. The number of hydrogen-bond acceptors (Lipinski definition) is 12. The average molecular weight is 1930 g/mol. The zero-order chi connectivity index (χ0) is 89.3. The molecular weight excluding hydrogens is 1730 g/mol. The van der Waals surface area contributed by atoms with Crippen LogP contribution in [0, 0.1) is 31.1 Å². The number of rotatable bonds is 90. The summed E-state index contributed by atoms with van der Waals surface area (Å²) in [5.74, 6) is -5.49. The average Bonchev–Trinajstić information content (AvgIpc) is 1.37. The van der Waals surface area contributed by atoms with Crippen LogP contribution in [-0.2, 0) is 28.8 Å². The Morgan fingerprint density at radius 1 is 0.132 bits per heavy atom. The van der Waals surface area contributed by atoms with E-state index in [1.165, 1.54) is 385 Å². The van der Waals surface area contributed by atoms with Gasteiger partial charge in [0.05, 0.1) is 0 Å². The first-order valence-electron chi connectivity index (χ1n) is 51.7. The van der Waals surface area contributed by atoms with Crippen molar-refractivity contribution in [3.05, 3.63) is 72.9 Å². The van der Waals surface area contributed by atoms with Crippen LogP contribution < -0.4 is 30.6 Å². The van der Waals surface area contributed by atoms with Gasteiger partial charge in [-0.1, -0.05) is 423 Å². The fourth-order valence-electron chi connectivity index (χ4n) is 14.0. The van der Waals surface area contributed by atoms with Crippen molar-refractivity contribution in [3.63, 3.8) is 0 Å². The zero-order valence-electron chi connectivity index (χ0n) is 80.7. The van der Waals surface area contributed by atoms with E-state index in [1.807, 2.05) is 0 Å². The Balaban J connectivity index is -0.000000257. The summed E-state index contributed by atoms with van der Waals surface area (Å²) in [4.78, 5) is 61.3. The molecule has 0 saturated heterocycles. The molecule has 0 aliphatic rings. The van der Waals surface area contributed by atoms with Gasteiger partial charge in [-0.3, -0.25) is 0 Å². The Morgan fingerprint density at radius 2 is 0.207 bits per heavy atom. The Morgan fingerprint density at radius 3 is 0.289 bits per heavy atom. The smallest absolute Gasteiger partial charge is 0.0414 e. The van der Waals surface area contributed by atoms with Crippen LogP contribution in [0.25, 0.3) is 0 Å². The molecule has 0 fully saturated rings. The van der Waals surface area contributed by atoms with Gasteiger partial charge >= 0.3 is 0 Å². The molecule has 12 nitrogen and oxygen atoms in total. The number of allylic oxidation sites excluding steroid dienone is 12. The summed E-state index contributed by atoms with van der Waals surface area (Å²) < 4.78 is 0. The normalized spacial score (nSPS) is 11.2. The first-order valence-corrected chi connectivity index (χ1v) is 51.7. The van der Waals surface area contributed by atoms with Crippen molar-refractivity contribution in [2.24, 2.45) is 0 Å². The second-order valence-corrected chi connectivity index (χ2v) is 34.2. The molecule has 13 heteroatoms. The summed E-state index contributed by atoms with van der Waals surface area (Å²) in [6, 6.07) is 0. The Hall–Kier alpha value is -3.69. The van der Waals surface area contributed by atoms with Gasteiger partial charge in [0.1, 0.15) is 0 Å². The molecule has 0 aromatic heterocycles. The van der Waals surface area contributed by atoms with E-state index in [2.05, 4.69) is 114 Å². The van der Waals surface area contributed by atoms with E-state index in [0.29, 0.717) is 0 Å². The third-order valence-electron chi connectivity index (χ3n) is 21.9. The Kier molecular flexibility index (Phi) is 137. The number of hydrogen-bond donors (Lipinski definition) is 0. The Labute approximate surface area is 774 Å². The summed E-state index contributed by atoms with van der Waals surface area (Å²) in [6.07, 6.45) is 125. The van der Waals surface area contributed by atoms with Crippen molar-refractivity contribution in [2.45, 2.75) is 581 Å². The SMILES string of the molecule is CCCCCCCCC=CCCCCCCCC(=O)[O-].CCCCCCCCC=CCCCCCCCC(=O)[O-].CCCCCCCCC=CCCCCCCCC(=O)[O-].CCCCCCCCC=CCCCCCCCC(=O)[O-].CCCCCCCCC=CCCCCCCCC(=O)[O-].CCCCCCCCC=CCCCCCCCC(=O)[O-].[U]. The van der Waals surface area contributed by atoms with Crippen molar-refractivity contribution >= 4 is 35.8 Å². The fraction of sp³-hybridized carbons (Fsp3) is 0.833. The molecule has 0 aromatic rings. The van der Waals surface area contributed by atoms with Gasteiger partial charge in [-0.2, -0.15) is 0 Å². The molecule has 0 N–H and O–H groups in total. The maximum Gasteiger partial charge on any atom is 0.0414 e.